The summed E-state index contributed by atoms with van der Waals surface area (Å²) in [6.45, 7) is 2.06. The fourth-order valence-corrected chi connectivity index (χ4v) is 4.07. The van der Waals surface area contributed by atoms with Gasteiger partial charge >= 0.3 is 0 Å². The molecule has 0 N–H and O–H groups in total. The standard InChI is InChI=1S/C19H13N3OS2/c1-2-13-3-5-16(6-4-13)22-18(23)17(9-14-7-8-24-12-14)25-19(22)15(10-20)11-21/h3-9,12H,2H2,1H3/b17-9+. The van der Waals surface area contributed by atoms with Gasteiger partial charge in [0.15, 0.2) is 5.57 Å². The zero-order valence-electron chi connectivity index (χ0n) is 13.4. The van der Waals surface area contributed by atoms with Crippen LogP contribution < -0.4 is 14.8 Å². The summed E-state index contributed by atoms with van der Waals surface area (Å²) in [7, 11) is 0. The third-order valence-corrected chi connectivity index (χ3v) is 5.50. The summed E-state index contributed by atoms with van der Waals surface area (Å²) < 4.78 is 2.31. The molecule has 0 unspecified atom stereocenters. The van der Waals surface area contributed by atoms with Gasteiger partial charge in [0.05, 0.1) is 10.2 Å². The highest BCUT2D eigenvalue weighted by Crippen LogP contribution is 2.09. The van der Waals surface area contributed by atoms with Gasteiger partial charge in [-0.25, -0.2) is 0 Å². The van der Waals surface area contributed by atoms with E-state index in [0.29, 0.717) is 14.9 Å². The average molecular weight is 363 g/mol. The molecule has 122 valence electrons. The van der Waals surface area contributed by atoms with Crippen molar-refractivity contribution in [3.63, 3.8) is 0 Å². The van der Waals surface area contributed by atoms with Crippen molar-refractivity contribution in [2.45, 2.75) is 13.3 Å². The number of thiazole rings is 1. The first-order valence-corrected chi connectivity index (χ1v) is 9.33. The molecule has 0 spiro atoms. The third-order valence-electron chi connectivity index (χ3n) is 3.70. The number of aryl methyl sites for hydroxylation is 1. The number of thiophene rings is 1. The second-order valence-corrected chi connectivity index (χ2v) is 7.04. The Morgan fingerprint density at radius 1 is 1.20 bits per heavy atom. The van der Waals surface area contributed by atoms with Gasteiger partial charge in [0.1, 0.15) is 16.8 Å². The van der Waals surface area contributed by atoms with Gasteiger partial charge < -0.3 is 0 Å². The molecule has 0 amide bonds. The number of hydrogen-bond acceptors (Lipinski definition) is 5. The van der Waals surface area contributed by atoms with Gasteiger partial charge in [0, 0.05) is 0 Å². The molecule has 6 heteroatoms. The van der Waals surface area contributed by atoms with Gasteiger partial charge in [-0.1, -0.05) is 19.1 Å². The lowest BCUT2D eigenvalue weighted by atomic mass is 10.1. The molecule has 1 aromatic carbocycles. The quantitative estimate of drug-likeness (QED) is 0.718. The van der Waals surface area contributed by atoms with E-state index in [1.54, 1.807) is 17.4 Å². The minimum absolute atomic E-state index is 0.0633. The maximum absolute atomic E-state index is 12.9. The number of benzene rings is 1. The van der Waals surface area contributed by atoms with E-state index in [2.05, 4.69) is 6.92 Å². The van der Waals surface area contributed by atoms with Crippen LogP contribution in [0.25, 0.3) is 17.3 Å². The van der Waals surface area contributed by atoms with Crippen LogP contribution in [0, 0.1) is 22.7 Å². The van der Waals surface area contributed by atoms with Gasteiger partial charge in [-0.15, -0.1) is 11.3 Å². The maximum Gasteiger partial charge on any atom is 0.273 e. The Kier molecular flexibility index (Phi) is 4.95. The number of nitriles is 2. The van der Waals surface area contributed by atoms with E-state index >= 15 is 0 Å². The Morgan fingerprint density at radius 3 is 2.48 bits per heavy atom. The highest BCUT2D eigenvalue weighted by Gasteiger charge is 2.11. The van der Waals surface area contributed by atoms with E-state index in [0.717, 1.165) is 28.9 Å². The third kappa shape index (κ3) is 3.32. The minimum Gasteiger partial charge on any atom is -0.267 e. The van der Waals surface area contributed by atoms with Crippen LogP contribution in [0.4, 0.5) is 0 Å². The van der Waals surface area contributed by atoms with Crippen molar-refractivity contribution in [2.75, 3.05) is 0 Å². The van der Waals surface area contributed by atoms with E-state index < -0.39 is 0 Å². The second-order valence-electron chi connectivity index (χ2n) is 5.23. The molecule has 2 heterocycles. The Hall–Kier alpha value is -2.93. The molecule has 4 nitrogen and oxygen atoms in total. The van der Waals surface area contributed by atoms with Crippen LogP contribution in [0.15, 0.2) is 45.9 Å². The summed E-state index contributed by atoms with van der Waals surface area (Å²) in [5.41, 5.74) is 2.45. The molecule has 3 rings (SSSR count). The minimum atomic E-state index is -0.224. The zero-order valence-corrected chi connectivity index (χ0v) is 15.0. The van der Waals surface area contributed by atoms with Crippen LogP contribution in [0.1, 0.15) is 18.1 Å². The first-order chi connectivity index (χ1) is 12.2. The number of hydrogen-bond donors (Lipinski definition) is 0. The first-order valence-electron chi connectivity index (χ1n) is 7.57. The lowest BCUT2D eigenvalue weighted by Gasteiger charge is -2.03. The monoisotopic (exact) mass is 363 g/mol. The van der Waals surface area contributed by atoms with Gasteiger partial charge in [0.25, 0.3) is 5.56 Å². The summed E-state index contributed by atoms with van der Waals surface area (Å²) >= 11 is 2.71. The number of nitrogens with zero attached hydrogens (tertiary/aromatic N) is 3. The van der Waals surface area contributed by atoms with Gasteiger partial charge in [-0.2, -0.15) is 21.9 Å². The summed E-state index contributed by atoms with van der Waals surface area (Å²) in [6.07, 6.45) is 2.69. The zero-order chi connectivity index (χ0) is 17.8. The fraction of sp³-hybridized carbons (Fsp3) is 0.105. The van der Waals surface area contributed by atoms with E-state index in [1.165, 1.54) is 4.57 Å². The predicted molar refractivity (Wildman–Crippen MR) is 101 cm³/mol. The summed E-state index contributed by atoms with van der Waals surface area (Å²) in [5.74, 6) is 0. The molecule has 0 bridgehead atoms. The Bertz CT molecular complexity index is 1140. The molecule has 2 aromatic heterocycles. The molecule has 0 radical (unpaired) electrons. The van der Waals surface area contributed by atoms with Crippen LogP contribution >= 0.6 is 22.7 Å². The van der Waals surface area contributed by atoms with E-state index in [-0.39, 0.29) is 11.1 Å². The van der Waals surface area contributed by atoms with Crippen molar-refractivity contribution in [3.05, 3.63) is 71.8 Å². The topological polar surface area (TPSA) is 69.6 Å². The highest BCUT2D eigenvalue weighted by molar-refractivity contribution is 7.08. The maximum atomic E-state index is 12.9. The van der Waals surface area contributed by atoms with E-state index in [1.807, 2.05) is 53.2 Å². The Labute approximate surface area is 152 Å². The Morgan fingerprint density at radius 2 is 1.92 bits per heavy atom. The molecule has 0 aliphatic rings. The van der Waals surface area contributed by atoms with Crippen LogP contribution in [0.3, 0.4) is 0 Å². The predicted octanol–water partition coefficient (Wildman–Crippen LogP) is 2.55. The second kappa shape index (κ2) is 7.31. The lowest BCUT2D eigenvalue weighted by molar-refractivity contribution is 0.983. The van der Waals surface area contributed by atoms with E-state index in [4.69, 9.17) is 0 Å². The van der Waals surface area contributed by atoms with Crippen LogP contribution in [0.5, 0.6) is 0 Å². The number of rotatable bonds is 3. The molecular weight excluding hydrogens is 350 g/mol. The normalized spacial score (nSPS) is 11.1. The van der Waals surface area contributed by atoms with Gasteiger partial charge in [0.2, 0.25) is 0 Å². The van der Waals surface area contributed by atoms with Crippen LogP contribution in [-0.4, -0.2) is 4.57 Å². The Balaban J connectivity index is 2.36. The average Bonchev–Trinajstić information content (AvgIpc) is 3.26. The van der Waals surface area contributed by atoms with Crippen molar-refractivity contribution < 1.29 is 0 Å². The molecule has 0 fully saturated rings. The molecule has 0 aliphatic heterocycles. The van der Waals surface area contributed by atoms with E-state index in [9.17, 15) is 15.3 Å². The molecule has 25 heavy (non-hydrogen) atoms. The van der Waals surface area contributed by atoms with Crippen molar-refractivity contribution >= 4 is 34.3 Å². The SMILES string of the molecule is CCc1ccc(-n2c(=C(C#N)C#N)s/c(=C/c3ccsc3)c2=O)cc1. The summed E-state index contributed by atoms with van der Waals surface area (Å²) in [6, 6.07) is 13.3. The number of aromatic nitrogens is 1. The molecule has 3 aromatic rings. The van der Waals surface area contributed by atoms with Gasteiger partial charge in [-0.05, 0) is 52.6 Å². The molecular formula is C19H13N3OS2. The van der Waals surface area contributed by atoms with Crippen LogP contribution in [-0.2, 0) is 6.42 Å². The van der Waals surface area contributed by atoms with Crippen molar-refractivity contribution in [3.8, 4) is 17.8 Å². The summed E-state index contributed by atoms with van der Waals surface area (Å²) in [5, 5.41) is 22.4. The van der Waals surface area contributed by atoms with Gasteiger partial charge in [-0.3, -0.25) is 9.36 Å². The van der Waals surface area contributed by atoms with Crippen LogP contribution in [0.2, 0.25) is 0 Å². The van der Waals surface area contributed by atoms with Crippen molar-refractivity contribution in [2.24, 2.45) is 0 Å². The molecule has 0 atom stereocenters. The van der Waals surface area contributed by atoms with Crippen molar-refractivity contribution in [1.82, 2.24) is 4.57 Å². The fourth-order valence-electron chi connectivity index (χ4n) is 2.39. The highest BCUT2D eigenvalue weighted by atomic mass is 32.1. The lowest BCUT2D eigenvalue weighted by Crippen LogP contribution is -2.30. The molecule has 0 aliphatic carbocycles. The smallest absolute Gasteiger partial charge is 0.267 e. The first kappa shape index (κ1) is 16.9. The van der Waals surface area contributed by atoms with Crippen molar-refractivity contribution in [1.29, 1.82) is 10.5 Å². The molecule has 0 saturated carbocycles. The summed E-state index contributed by atoms with van der Waals surface area (Å²) in [4.78, 5) is 12.9. The largest absolute Gasteiger partial charge is 0.273 e. The molecule has 0 saturated heterocycles.